The quantitative estimate of drug-likeness (QED) is 0.877. The zero-order valence-electron chi connectivity index (χ0n) is 8.38. The summed E-state index contributed by atoms with van der Waals surface area (Å²) in [6.45, 7) is 1.79. The van der Waals surface area contributed by atoms with E-state index >= 15 is 0 Å². The topological polar surface area (TPSA) is 80.4 Å². The fraction of sp³-hybridized carbons (Fsp3) is 0.200. The van der Waals surface area contributed by atoms with Gasteiger partial charge in [0.05, 0.1) is 16.1 Å². The summed E-state index contributed by atoms with van der Waals surface area (Å²) in [6.07, 6.45) is 0.484. The molecule has 6 heteroatoms. The molecule has 4 nitrogen and oxygen atoms in total. The maximum Gasteiger partial charge on any atom is 0.336 e. The summed E-state index contributed by atoms with van der Waals surface area (Å²) in [7, 11) is 0. The lowest BCUT2D eigenvalue weighted by atomic mass is 10.0. The zero-order valence-corrected chi connectivity index (χ0v) is 9.89. The first-order valence-corrected chi connectivity index (χ1v) is 5.19. The van der Waals surface area contributed by atoms with Crippen LogP contribution in [-0.2, 0) is 6.42 Å². The van der Waals surface area contributed by atoms with Gasteiger partial charge in [0.15, 0.2) is 0 Å². The second-order valence-corrected chi connectivity index (χ2v) is 3.88. The molecule has 0 atom stereocenters. The third-order valence-electron chi connectivity index (χ3n) is 2.14. The number of rotatable bonds is 3. The second-order valence-electron chi connectivity index (χ2n) is 3.10. The Bertz CT molecular complexity index is 472. The van der Waals surface area contributed by atoms with Crippen LogP contribution in [0, 0.1) is 0 Å². The highest BCUT2D eigenvalue weighted by Gasteiger charge is 2.22. The minimum atomic E-state index is -1.29. The molecule has 0 bridgehead atoms. The first-order valence-electron chi connectivity index (χ1n) is 4.44. The number of carbonyl (C=O) groups excluding carboxylic acids is 1. The molecule has 1 aromatic carbocycles. The van der Waals surface area contributed by atoms with Crippen LogP contribution in [-0.4, -0.2) is 17.0 Å². The summed E-state index contributed by atoms with van der Waals surface area (Å²) in [6, 6.07) is 1.19. The van der Waals surface area contributed by atoms with Gasteiger partial charge >= 0.3 is 5.97 Å². The Labute approximate surface area is 102 Å². The number of aromatic carboxylic acids is 1. The fourth-order valence-electron chi connectivity index (χ4n) is 1.39. The highest BCUT2D eigenvalue weighted by atomic mass is 35.5. The van der Waals surface area contributed by atoms with Crippen molar-refractivity contribution in [2.75, 3.05) is 0 Å². The molecule has 0 heterocycles. The molecule has 0 aromatic heterocycles. The van der Waals surface area contributed by atoms with E-state index in [0.29, 0.717) is 12.0 Å². The predicted octanol–water partition coefficient (Wildman–Crippen LogP) is 2.35. The number of carbonyl (C=O) groups is 2. The van der Waals surface area contributed by atoms with E-state index in [4.69, 9.17) is 34.0 Å². The van der Waals surface area contributed by atoms with Crippen molar-refractivity contribution in [3.63, 3.8) is 0 Å². The van der Waals surface area contributed by atoms with Crippen LogP contribution >= 0.6 is 23.2 Å². The average molecular weight is 262 g/mol. The first-order chi connectivity index (χ1) is 7.40. The van der Waals surface area contributed by atoms with Crippen LogP contribution < -0.4 is 5.73 Å². The van der Waals surface area contributed by atoms with Crippen LogP contribution in [0.1, 0.15) is 33.2 Å². The molecular weight excluding hydrogens is 253 g/mol. The lowest BCUT2D eigenvalue weighted by molar-refractivity contribution is 0.0692. The van der Waals surface area contributed by atoms with E-state index in [9.17, 15) is 9.59 Å². The lowest BCUT2D eigenvalue weighted by Gasteiger charge is -2.11. The third kappa shape index (κ3) is 2.13. The summed E-state index contributed by atoms with van der Waals surface area (Å²) in [5, 5.41) is 9.13. The highest BCUT2D eigenvalue weighted by Crippen LogP contribution is 2.31. The van der Waals surface area contributed by atoms with Gasteiger partial charge in [0.2, 0.25) is 0 Å². The van der Waals surface area contributed by atoms with Gasteiger partial charge in [0, 0.05) is 5.02 Å². The van der Waals surface area contributed by atoms with Crippen molar-refractivity contribution in [3.8, 4) is 0 Å². The minimum absolute atomic E-state index is 0.0138. The number of primary amides is 1. The van der Waals surface area contributed by atoms with Crippen LogP contribution in [0.2, 0.25) is 10.0 Å². The van der Waals surface area contributed by atoms with E-state index in [1.807, 2.05) is 0 Å². The predicted molar refractivity (Wildman–Crippen MR) is 61.3 cm³/mol. The van der Waals surface area contributed by atoms with Crippen LogP contribution in [0.4, 0.5) is 0 Å². The number of benzene rings is 1. The molecule has 0 spiro atoms. The summed E-state index contributed by atoms with van der Waals surface area (Å²) < 4.78 is 0. The second kappa shape index (κ2) is 4.72. The molecule has 0 fully saturated rings. The Kier molecular flexibility index (Phi) is 3.78. The Hall–Kier alpha value is -1.26. The van der Waals surface area contributed by atoms with Crippen LogP contribution in [0.25, 0.3) is 0 Å². The van der Waals surface area contributed by atoms with E-state index in [-0.39, 0.29) is 21.2 Å². The van der Waals surface area contributed by atoms with Crippen molar-refractivity contribution >= 4 is 35.1 Å². The molecule has 1 aromatic rings. The van der Waals surface area contributed by atoms with Gasteiger partial charge in [-0.3, -0.25) is 4.79 Å². The van der Waals surface area contributed by atoms with Gasteiger partial charge in [-0.25, -0.2) is 4.79 Å². The minimum Gasteiger partial charge on any atom is -0.478 e. The van der Waals surface area contributed by atoms with Gasteiger partial charge in [-0.1, -0.05) is 30.1 Å². The molecule has 0 saturated heterocycles. The van der Waals surface area contributed by atoms with Crippen LogP contribution in [0.3, 0.4) is 0 Å². The molecule has 0 unspecified atom stereocenters. The van der Waals surface area contributed by atoms with E-state index in [1.54, 1.807) is 6.92 Å². The molecule has 3 N–H and O–H groups in total. The molecule has 0 saturated carbocycles. The number of nitrogens with two attached hydrogens (primary N) is 1. The number of hydrogen-bond acceptors (Lipinski definition) is 2. The van der Waals surface area contributed by atoms with Gasteiger partial charge in [0.1, 0.15) is 0 Å². The molecule has 0 radical (unpaired) electrons. The van der Waals surface area contributed by atoms with Crippen molar-refractivity contribution in [1.82, 2.24) is 0 Å². The summed E-state index contributed by atoms with van der Waals surface area (Å²) >= 11 is 11.8. The molecule has 1 amide bonds. The zero-order chi connectivity index (χ0) is 12.5. The van der Waals surface area contributed by atoms with Gasteiger partial charge in [0.25, 0.3) is 5.91 Å². The van der Waals surface area contributed by atoms with E-state index in [0.717, 1.165) is 0 Å². The highest BCUT2D eigenvalue weighted by molar-refractivity contribution is 6.39. The molecule has 0 aliphatic heterocycles. The van der Waals surface area contributed by atoms with E-state index in [2.05, 4.69) is 0 Å². The largest absolute Gasteiger partial charge is 0.478 e. The van der Waals surface area contributed by atoms with Gasteiger partial charge in [-0.05, 0) is 18.1 Å². The monoisotopic (exact) mass is 261 g/mol. The summed E-state index contributed by atoms with van der Waals surface area (Å²) in [4.78, 5) is 22.1. The molecule has 16 heavy (non-hydrogen) atoms. The average Bonchev–Trinajstić information content (AvgIpc) is 2.16. The lowest BCUT2D eigenvalue weighted by Crippen LogP contribution is -2.18. The maximum absolute atomic E-state index is 11.2. The number of hydrogen-bond donors (Lipinski definition) is 2. The van der Waals surface area contributed by atoms with Gasteiger partial charge in [-0.2, -0.15) is 0 Å². The van der Waals surface area contributed by atoms with Crippen molar-refractivity contribution < 1.29 is 14.7 Å². The van der Waals surface area contributed by atoms with Gasteiger partial charge < -0.3 is 10.8 Å². The Morgan fingerprint density at radius 3 is 2.38 bits per heavy atom. The van der Waals surface area contributed by atoms with E-state index in [1.165, 1.54) is 6.07 Å². The van der Waals surface area contributed by atoms with Crippen LogP contribution in [0.15, 0.2) is 6.07 Å². The van der Waals surface area contributed by atoms with Crippen LogP contribution in [0.5, 0.6) is 0 Å². The fourth-order valence-corrected chi connectivity index (χ4v) is 2.21. The molecule has 0 aliphatic rings. The van der Waals surface area contributed by atoms with Gasteiger partial charge in [-0.15, -0.1) is 0 Å². The SMILES string of the molecule is CCc1c(Cl)cc(C(=O)O)c(C(N)=O)c1Cl. The Balaban J connectivity index is 3.65. The van der Waals surface area contributed by atoms with Crippen molar-refractivity contribution in [2.45, 2.75) is 13.3 Å². The standard InChI is InChI=1S/C10H9Cl2NO3/c1-2-4-6(11)3-5(10(15)16)7(8(4)12)9(13)14/h3H,2H2,1H3,(H2,13,14)(H,15,16). The van der Waals surface area contributed by atoms with Crippen molar-refractivity contribution in [3.05, 3.63) is 32.8 Å². The third-order valence-corrected chi connectivity index (χ3v) is 2.90. The summed E-state index contributed by atoms with van der Waals surface area (Å²) in [5.41, 5.74) is 5.14. The summed E-state index contributed by atoms with van der Waals surface area (Å²) in [5.74, 6) is -2.17. The number of carboxylic acid groups (broad SMARTS) is 1. The molecule has 1 rings (SSSR count). The number of amides is 1. The smallest absolute Gasteiger partial charge is 0.336 e. The number of halogens is 2. The van der Waals surface area contributed by atoms with E-state index < -0.39 is 11.9 Å². The molecule has 0 aliphatic carbocycles. The number of carboxylic acids is 1. The Morgan fingerprint density at radius 1 is 1.44 bits per heavy atom. The maximum atomic E-state index is 11.2. The molecule has 86 valence electrons. The molecular formula is C10H9Cl2NO3. The normalized spacial score (nSPS) is 10.2. The van der Waals surface area contributed by atoms with Crippen molar-refractivity contribution in [2.24, 2.45) is 5.73 Å². The Morgan fingerprint density at radius 2 is 2.00 bits per heavy atom. The van der Waals surface area contributed by atoms with Crippen molar-refractivity contribution in [1.29, 1.82) is 0 Å². The first kappa shape index (κ1) is 12.8.